The first-order chi connectivity index (χ1) is 8.40. The van der Waals surface area contributed by atoms with Crippen molar-refractivity contribution in [3.8, 4) is 0 Å². The summed E-state index contributed by atoms with van der Waals surface area (Å²) >= 11 is 0. The highest BCUT2D eigenvalue weighted by atomic mass is 19.1. The number of rotatable bonds is 6. The highest BCUT2D eigenvalue weighted by Crippen LogP contribution is 2.19. The predicted molar refractivity (Wildman–Crippen MR) is 70.2 cm³/mol. The maximum atomic E-state index is 13.6. The van der Waals surface area contributed by atoms with Gasteiger partial charge in [0.25, 0.3) is 0 Å². The SMILES string of the molecule is CCCN(Cc1ccc(F)cc1F)C(C)(C)CN. The van der Waals surface area contributed by atoms with Gasteiger partial charge in [-0.05, 0) is 32.9 Å². The Labute approximate surface area is 108 Å². The molecule has 0 heterocycles. The summed E-state index contributed by atoms with van der Waals surface area (Å²) in [7, 11) is 0. The molecule has 0 aliphatic rings. The van der Waals surface area contributed by atoms with Crippen LogP contribution in [0.4, 0.5) is 8.78 Å². The van der Waals surface area contributed by atoms with Crippen LogP contribution in [0, 0.1) is 11.6 Å². The molecule has 2 nitrogen and oxygen atoms in total. The van der Waals surface area contributed by atoms with Crippen LogP contribution in [0.15, 0.2) is 18.2 Å². The molecule has 0 aliphatic carbocycles. The molecule has 0 unspecified atom stereocenters. The van der Waals surface area contributed by atoms with Gasteiger partial charge in [-0.15, -0.1) is 0 Å². The Hall–Kier alpha value is -1.00. The lowest BCUT2D eigenvalue weighted by molar-refractivity contribution is 0.116. The molecule has 0 amide bonds. The third-order valence-corrected chi connectivity index (χ3v) is 3.23. The minimum atomic E-state index is -0.545. The van der Waals surface area contributed by atoms with E-state index < -0.39 is 11.6 Å². The largest absolute Gasteiger partial charge is 0.329 e. The number of nitrogens with two attached hydrogens (primary N) is 1. The first-order valence-electron chi connectivity index (χ1n) is 6.29. The molecule has 2 N–H and O–H groups in total. The smallest absolute Gasteiger partial charge is 0.130 e. The van der Waals surface area contributed by atoms with Crippen molar-refractivity contribution in [2.75, 3.05) is 13.1 Å². The van der Waals surface area contributed by atoms with Gasteiger partial charge in [0.1, 0.15) is 11.6 Å². The van der Waals surface area contributed by atoms with E-state index in [1.807, 2.05) is 13.8 Å². The van der Waals surface area contributed by atoms with Crippen LogP contribution in [0.2, 0.25) is 0 Å². The monoisotopic (exact) mass is 256 g/mol. The van der Waals surface area contributed by atoms with Gasteiger partial charge in [-0.25, -0.2) is 8.78 Å². The summed E-state index contributed by atoms with van der Waals surface area (Å²) in [4.78, 5) is 2.13. The first kappa shape index (κ1) is 15.1. The fourth-order valence-corrected chi connectivity index (χ4v) is 1.85. The van der Waals surface area contributed by atoms with E-state index in [4.69, 9.17) is 5.73 Å². The normalized spacial score (nSPS) is 12.2. The average molecular weight is 256 g/mol. The summed E-state index contributed by atoms with van der Waals surface area (Å²) < 4.78 is 26.5. The molecule has 1 aromatic rings. The van der Waals surface area contributed by atoms with Gasteiger partial charge in [-0.2, -0.15) is 0 Å². The Kier molecular flexibility index (Phi) is 5.23. The standard InChI is InChI=1S/C14H22F2N2/c1-4-7-18(14(2,3)10-17)9-11-5-6-12(15)8-13(11)16/h5-6,8H,4,7,9-10,17H2,1-3H3. The quantitative estimate of drug-likeness (QED) is 0.848. The van der Waals surface area contributed by atoms with E-state index in [1.165, 1.54) is 12.1 Å². The van der Waals surface area contributed by atoms with Gasteiger partial charge in [0.05, 0.1) is 0 Å². The molecule has 0 aliphatic heterocycles. The van der Waals surface area contributed by atoms with Gasteiger partial charge in [-0.3, -0.25) is 4.90 Å². The molecule has 0 bridgehead atoms. The van der Waals surface area contributed by atoms with E-state index in [-0.39, 0.29) is 5.54 Å². The lowest BCUT2D eigenvalue weighted by Crippen LogP contribution is -2.49. The molecule has 1 aromatic carbocycles. The van der Waals surface area contributed by atoms with Crippen LogP contribution in [0.25, 0.3) is 0 Å². The van der Waals surface area contributed by atoms with Crippen molar-refractivity contribution in [1.29, 1.82) is 0 Å². The van der Waals surface area contributed by atoms with Crippen LogP contribution >= 0.6 is 0 Å². The molecule has 4 heteroatoms. The number of nitrogens with zero attached hydrogens (tertiary/aromatic N) is 1. The molecule has 0 aromatic heterocycles. The zero-order chi connectivity index (χ0) is 13.8. The lowest BCUT2D eigenvalue weighted by atomic mass is 10.0. The van der Waals surface area contributed by atoms with Crippen LogP contribution in [-0.4, -0.2) is 23.5 Å². The maximum Gasteiger partial charge on any atom is 0.130 e. The fourth-order valence-electron chi connectivity index (χ4n) is 1.85. The lowest BCUT2D eigenvalue weighted by Gasteiger charge is -2.37. The van der Waals surface area contributed by atoms with E-state index in [0.717, 1.165) is 19.0 Å². The van der Waals surface area contributed by atoms with Crippen molar-refractivity contribution in [3.05, 3.63) is 35.4 Å². The van der Waals surface area contributed by atoms with Crippen molar-refractivity contribution in [3.63, 3.8) is 0 Å². The number of hydrogen-bond donors (Lipinski definition) is 1. The molecule has 18 heavy (non-hydrogen) atoms. The van der Waals surface area contributed by atoms with Crippen LogP contribution < -0.4 is 5.73 Å². The molecule has 0 saturated heterocycles. The van der Waals surface area contributed by atoms with Gasteiger partial charge in [0.2, 0.25) is 0 Å². The Morgan fingerprint density at radius 1 is 1.28 bits per heavy atom. The Morgan fingerprint density at radius 2 is 1.94 bits per heavy atom. The molecular weight excluding hydrogens is 234 g/mol. The second-order valence-corrected chi connectivity index (χ2v) is 5.17. The summed E-state index contributed by atoms with van der Waals surface area (Å²) in [5, 5.41) is 0. The van der Waals surface area contributed by atoms with E-state index >= 15 is 0 Å². The zero-order valence-corrected chi connectivity index (χ0v) is 11.3. The Balaban J connectivity index is 2.89. The molecule has 0 atom stereocenters. The van der Waals surface area contributed by atoms with Crippen LogP contribution in [0.3, 0.4) is 0 Å². The predicted octanol–water partition coefficient (Wildman–Crippen LogP) is 2.91. The van der Waals surface area contributed by atoms with Crippen molar-refractivity contribution >= 4 is 0 Å². The molecule has 0 saturated carbocycles. The molecule has 0 spiro atoms. The van der Waals surface area contributed by atoms with Crippen LogP contribution in [-0.2, 0) is 6.54 Å². The summed E-state index contributed by atoms with van der Waals surface area (Å²) in [6.45, 7) is 7.91. The summed E-state index contributed by atoms with van der Waals surface area (Å²) in [6.07, 6.45) is 0.965. The van der Waals surface area contributed by atoms with Gasteiger partial charge in [-0.1, -0.05) is 13.0 Å². The fraction of sp³-hybridized carbons (Fsp3) is 0.571. The van der Waals surface area contributed by atoms with Crippen LogP contribution in [0.5, 0.6) is 0 Å². The second kappa shape index (κ2) is 6.25. The van der Waals surface area contributed by atoms with Crippen molar-refractivity contribution in [2.24, 2.45) is 5.73 Å². The Morgan fingerprint density at radius 3 is 2.44 bits per heavy atom. The Bertz CT molecular complexity index is 391. The summed E-state index contributed by atoms with van der Waals surface area (Å²) in [6, 6.07) is 3.72. The van der Waals surface area contributed by atoms with Gasteiger partial charge >= 0.3 is 0 Å². The zero-order valence-electron chi connectivity index (χ0n) is 11.3. The topological polar surface area (TPSA) is 29.3 Å². The minimum Gasteiger partial charge on any atom is -0.329 e. The third-order valence-electron chi connectivity index (χ3n) is 3.23. The molecule has 102 valence electrons. The third kappa shape index (κ3) is 3.75. The summed E-state index contributed by atoms with van der Waals surface area (Å²) in [5.41, 5.74) is 6.07. The second-order valence-electron chi connectivity index (χ2n) is 5.17. The molecule has 0 radical (unpaired) electrons. The minimum absolute atomic E-state index is 0.198. The molecule has 0 fully saturated rings. The molecule has 1 rings (SSSR count). The van der Waals surface area contributed by atoms with Gasteiger partial charge < -0.3 is 5.73 Å². The van der Waals surface area contributed by atoms with Gasteiger partial charge in [0, 0.05) is 30.3 Å². The summed E-state index contributed by atoms with van der Waals surface area (Å²) in [5.74, 6) is -1.04. The van der Waals surface area contributed by atoms with E-state index in [2.05, 4.69) is 11.8 Å². The number of benzene rings is 1. The highest BCUT2D eigenvalue weighted by Gasteiger charge is 2.25. The van der Waals surface area contributed by atoms with Crippen molar-refractivity contribution < 1.29 is 8.78 Å². The first-order valence-corrected chi connectivity index (χ1v) is 6.29. The maximum absolute atomic E-state index is 13.6. The van der Waals surface area contributed by atoms with Crippen LogP contribution in [0.1, 0.15) is 32.8 Å². The number of hydrogen-bond acceptors (Lipinski definition) is 2. The highest BCUT2D eigenvalue weighted by molar-refractivity contribution is 5.18. The number of halogens is 2. The van der Waals surface area contributed by atoms with Crippen molar-refractivity contribution in [1.82, 2.24) is 4.90 Å². The molecular formula is C14H22F2N2. The van der Waals surface area contributed by atoms with Gasteiger partial charge in [0.15, 0.2) is 0 Å². The average Bonchev–Trinajstić information content (AvgIpc) is 2.31. The van der Waals surface area contributed by atoms with E-state index in [9.17, 15) is 8.78 Å². The van der Waals surface area contributed by atoms with E-state index in [0.29, 0.717) is 18.7 Å². The van der Waals surface area contributed by atoms with Crippen molar-refractivity contribution in [2.45, 2.75) is 39.3 Å². The van der Waals surface area contributed by atoms with E-state index in [1.54, 1.807) is 0 Å².